The van der Waals surface area contributed by atoms with Crippen molar-refractivity contribution < 1.29 is 5.11 Å². The summed E-state index contributed by atoms with van der Waals surface area (Å²) in [5, 5.41) is 9.67. The third-order valence-corrected chi connectivity index (χ3v) is 2.04. The molecule has 1 aliphatic rings. The van der Waals surface area contributed by atoms with Crippen molar-refractivity contribution in [3.63, 3.8) is 0 Å². The van der Waals surface area contributed by atoms with Crippen molar-refractivity contribution in [1.82, 2.24) is 0 Å². The average Bonchev–Trinajstić information content (AvgIpc) is 2.30. The van der Waals surface area contributed by atoms with Gasteiger partial charge < -0.3 is 5.11 Å². The van der Waals surface area contributed by atoms with E-state index in [0.29, 0.717) is 0 Å². The topological polar surface area (TPSA) is 20.2 Å². The molecule has 1 N–H and O–H groups in total. The Morgan fingerprint density at radius 2 is 1.83 bits per heavy atom. The molecule has 0 fully saturated rings. The van der Waals surface area contributed by atoms with E-state index in [2.05, 4.69) is 13.8 Å². The summed E-state index contributed by atoms with van der Waals surface area (Å²) >= 11 is 0. The van der Waals surface area contributed by atoms with Gasteiger partial charge in [-0.15, -0.1) is 0 Å². The minimum atomic E-state index is -0.715. The highest BCUT2D eigenvalue weighted by molar-refractivity contribution is 5.50. The first-order valence-electron chi connectivity index (χ1n) is 4.21. The Kier molecular flexibility index (Phi) is 2.25. The second kappa shape index (κ2) is 2.91. The third-order valence-electron chi connectivity index (χ3n) is 2.04. The number of allylic oxidation sites excluding steroid dienone is 4. The third kappa shape index (κ3) is 1.86. The lowest BCUT2D eigenvalue weighted by Crippen LogP contribution is -2.19. The molecule has 0 saturated carbocycles. The lowest BCUT2D eigenvalue weighted by atomic mass is 9.99. The van der Waals surface area contributed by atoms with Crippen LogP contribution in [0.25, 0.3) is 0 Å². The monoisotopic (exact) mass is 164 g/mol. The van der Waals surface area contributed by atoms with Crippen molar-refractivity contribution in [3.8, 4) is 0 Å². The first kappa shape index (κ1) is 9.27. The molecule has 0 spiro atoms. The normalized spacial score (nSPS) is 16.8. The molecule has 66 valence electrons. The van der Waals surface area contributed by atoms with Gasteiger partial charge in [0.1, 0.15) is 0 Å². The van der Waals surface area contributed by atoms with E-state index in [1.165, 1.54) is 11.1 Å². The highest BCUT2D eigenvalue weighted by Crippen LogP contribution is 2.26. The highest BCUT2D eigenvalue weighted by Gasteiger charge is 2.19. The van der Waals surface area contributed by atoms with Crippen LogP contribution in [-0.2, 0) is 0 Å². The maximum atomic E-state index is 9.67. The Morgan fingerprint density at radius 3 is 2.08 bits per heavy atom. The van der Waals surface area contributed by atoms with Crippen molar-refractivity contribution in [2.45, 2.75) is 33.3 Å². The van der Waals surface area contributed by atoms with E-state index in [-0.39, 0.29) is 0 Å². The SMILES string of the molecule is CC(C)=C1C=CC(C(C)(C)O)=C1. The molecule has 1 nitrogen and oxygen atoms in total. The van der Waals surface area contributed by atoms with Crippen molar-refractivity contribution in [3.05, 3.63) is 34.9 Å². The van der Waals surface area contributed by atoms with Crippen LogP contribution in [0, 0.1) is 0 Å². The van der Waals surface area contributed by atoms with Crippen LogP contribution >= 0.6 is 0 Å². The van der Waals surface area contributed by atoms with Crippen LogP contribution in [-0.4, -0.2) is 10.7 Å². The molecule has 0 aromatic carbocycles. The van der Waals surface area contributed by atoms with E-state index in [1.54, 1.807) is 13.8 Å². The first-order valence-corrected chi connectivity index (χ1v) is 4.21. The van der Waals surface area contributed by atoms with E-state index in [0.717, 1.165) is 5.57 Å². The molecule has 0 aromatic rings. The van der Waals surface area contributed by atoms with Gasteiger partial charge in [0.2, 0.25) is 0 Å². The smallest absolute Gasteiger partial charge is 0.0840 e. The Hall–Kier alpha value is -0.820. The van der Waals surface area contributed by atoms with Gasteiger partial charge in [0, 0.05) is 0 Å². The summed E-state index contributed by atoms with van der Waals surface area (Å²) in [4.78, 5) is 0. The van der Waals surface area contributed by atoms with Crippen molar-refractivity contribution in [1.29, 1.82) is 0 Å². The standard InChI is InChI=1S/C11H16O/c1-8(2)9-5-6-10(7-9)11(3,4)12/h5-7,12H,1-4H3. The Labute approximate surface area is 74.1 Å². The Balaban J connectivity index is 2.97. The number of hydrogen-bond acceptors (Lipinski definition) is 1. The molecule has 1 heteroatoms. The molecule has 0 atom stereocenters. The van der Waals surface area contributed by atoms with E-state index >= 15 is 0 Å². The summed E-state index contributed by atoms with van der Waals surface area (Å²) < 4.78 is 0. The maximum absolute atomic E-state index is 9.67. The second-order valence-electron chi connectivity index (χ2n) is 3.95. The summed E-state index contributed by atoms with van der Waals surface area (Å²) in [5.74, 6) is 0. The van der Waals surface area contributed by atoms with Crippen LogP contribution in [0.4, 0.5) is 0 Å². The zero-order valence-corrected chi connectivity index (χ0v) is 8.18. The molecule has 12 heavy (non-hydrogen) atoms. The molecule has 0 aromatic heterocycles. The highest BCUT2D eigenvalue weighted by atomic mass is 16.3. The summed E-state index contributed by atoms with van der Waals surface area (Å²) in [6.07, 6.45) is 6.06. The largest absolute Gasteiger partial charge is 0.386 e. The molecule has 0 heterocycles. The van der Waals surface area contributed by atoms with Crippen LogP contribution < -0.4 is 0 Å². The Morgan fingerprint density at radius 1 is 1.25 bits per heavy atom. The van der Waals surface area contributed by atoms with Crippen LogP contribution in [0.15, 0.2) is 34.9 Å². The summed E-state index contributed by atoms with van der Waals surface area (Å²) in [7, 11) is 0. The van der Waals surface area contributed by atoms with E-state index in [9.17, 15) is 5.11 Å². The fraction of sp³-hybridized carbons (Fsp3) is 0.455. The van der Waals surface area contributed by atoms with Gasteiger partial charge in [0.15, 0.2) is 0 Å². The fourth-order valence-electron chi connectivity index (χ4n) is 1.13. The number of hydrogen-bond donors (Lipinski definition) is 1. The fourth-order valence-corrected chi connectivity index (χ4v) is 1.13. The minimum Gasteiger partial charge on any atom is -0.386 e. The number of rotatable bonds is 1. The van der Waals surface area contributed by atoms with Crippen molar-refractivity contribution in [2.75, 3.05) is 0 Å². The Bertz CT molecular complexity index is 268. The molecule has 1 rings (SSSR count). The molecule has 0 aliphatic heterocycles. The average molecular weight is 164 g/mol. The van der Waals surface area contributed by atoms with Gasteiger partial charge in [-0.2, -0.15) is 0 Å². The minimum absolute atomic E-state index is 0.715. The zero-order valence-electron chi connectivity index (χ0n) is 8.18. The molecule has 0 amide bonds. The molecule has 1 aliphatic carbocycles. The molecule has 0 unspecified atom stereocenters. The van der Waals surface area contributed by atoms with Gasteiger partial charge >= 0.3 is 0 Å². The van der Waals surface area contributed by atoms with Crippen LogP contribution in [0.5, 0.6) is 0 Å². The van der Waals surface area contributed by atoms with Gasteiger partial charge in [-0.3, -0.25) is 0 Å². The molecular formula is C11H16O. The van der Waals surface area contributed by atoms with E-state index in [4.69, 9.17) is 0 Å². The zero-order chi connectivity index (χ0) is 9.35. The summed E-state index contributed by atoms with van der Waals surface area (Å²) in [6.45, 7) is 7.75. The molecule has 0 bridgehead atoms. The van der Waals surface area contributed by atoms with Gasteiger partial charge in [-0.1, -0.05) is 17.7 Å². The van der Waals surface area contributed by atoms with Crippen molar-refractivity contribution >= 4 is 0 Å². The van der Waals surface area contributed by atoms with Gasteiger partial charge in [-0.25, -0.2) is 0 Å². The van der Waals surface area contributed by atoms with Crippen molar-refractivity contribution in [2.24, 2.45) is 0 Å². The van der Waals surface area contributed by atoms with Gasteiger partial charge in [-0.05, 0) is 44.9 Å². The maximum Gasteiger partial charge on any atom is 0.0840 e. The second-order valence-corrected chi connectivity index (χ2v) is 3.95. The molecule has 0 radical (unpaired) electrons. The predicted molar refractivity (Wildman–Crippen MR) is 51.9 cm³/mol. The van der Waals surface area contributed by atoms with Crippen LogP contribution in [0.2, 0.25) is 0 Å². The number of aliphatic hydroxyl groups is 1. The van der Waals surface area contributed by atoms with Crippen LogP contribution in [0.1, 0.15) is 27.7 Å². The lowest BCUT2D eigenvalue weighted by Gasteiger charge is -2.16. The van der Waals surface area contributed by atoms with E-state index in [1.807, 2.05) is 18.2 Å². The van der Waals surface area contributed by atoms with Gasteiger partial charge in [0.05, 0.1) is 5.60 Å². The first-order chi connectivity index (χ1) is 5.41. The lowest BCUT2D eigenvalue weighted by molar-refractivity contribution is 0.124. The van der Waals surface area contributed by atoms with Crippen LogP contribution in [0.3, 0.4) is 0 Å². The summed E-state index contributed by atoms with van der Waals surface area (Å²) in [5.41, 5.74) is 2.77. The van der Waals surface area contributed by atoms with Gasteiger partial charge in [0.25, 0.3) is 0 Å². The predicted octanol–water partition coefficient (Wildman–Crippen LogP) is 2.59. The molecular weight excluding hydrogens is 148 g/mol. The van der Waals surface area contributed by atoms with E-state index < -0.39 is 5.60 Å². The summed E-state index contributed by atoms with van der Waals surface area (Å²) in [6, 6.07) is 0. The molecule has 0 saturated heterocycles. The quantitative estimate of drug-likeness (QED) is 0.631.